The van der Waals surface area contributed by atoms with Crippen molar-refractivity contribution in [3.8, 4) is 0 Å². The topological polar surface area (TPSA) is 29.5 Å². The summed E-state index contributed by atoms with van der Waals surface area (Å²) in [6.45, 7) is 6.86. The largest absolute Gasteiger partial charge is 0.396 e. The van der Waals surface area contributed by atoms with Crippen LogP contribution in [0.1, 0.15) is 110 Å². The fourth-order valence-electron chi connectivity index (χ4n) is 3.11. The van der Waals surface area contributed by atoms with Crippen molar-refractivity contribution in [2.45, 2.75) is 110 Å². The average molecular weight is 329 g/mol. The molecule has 0 rings (SSSR count). The summed E-state index contributed by atoms with van der Waals surface area (Å²) in [6.07, 6.45) is 19.5. The van der Waals surface area contributed by atoms with Gasteiger partial charge in [-0.2, -0.15) is 0 Å². The second-order valence-corrected chi connectivity index (χ2v) is 7.13. The Kier molecular flexibility index (Phi) is 19.9. The molecular formula is C21H44O2. The van der Waals surface area contributed by atoms with Crippen LogP contribution in [-0.4, -0.2) is 24.9 Å². The summed E-state index contributed by atoms with van der Waals surface area (Å²) in [7, 11) is 0. The van der Waals surface area contributed by atoms with Crippen molar-refractivity contribution in [3.05, 3.63) is 0 Å². The van der Waals surface area contributed by atoms with Crippen LogP contribution < -0.4 is 0 Å². The fourth-order valence-corrected chi connectivity index (χ4v) is 3.11. The highest BCUT2D eigenvalue weighted by molar-refractivity contribution is 4.59. The number of unbranched alkanes of at least 4 members (excludes halogenated alkanes) is 10. The first-order chi connectivity index (χ1) is 11.3. The van der Waals surface area contributed by atoms with Crippen molar-refractivity contribution in [3.63, 3.8) is 0 Å². The Morgan fingerprint density at radius 3 is 1.87 bits per heavy atom. The molecule has 0 saturated carbocycles. The van der Waals surface area contributed by atoms with E-state index < -0.39 is 0 Å². The van der Waals surface area contributed by atoms with E-state index in [0.29, 0.717) is 6.61 Å². The maximum atomic E-state index is 8.73. The van der Waals surface area contributed by atoms with Gasteiger partial charge in [-0.15, -0.1) is 0 Å². The van der Waals surface area contributed by atoms with Gasteiger partial charge in [0, 0.05) is 19.8 Å². The zero-order chi connectivity index (χ0) is 17.0. The van der Waals surface area contributed by atoms with Crippen LogP contribution in [0.2, 0.25) is 0 Å². The van der Waals surface area contributed by atoms with Gasteiger partial charge < -0.3 is 9.84 Å². The van der Waals surface area contributed by atoms with Crippen molar-refractivity contribution in [2.24, 2.45) is 5.92 Å². The second kappa shape index (κ2) is 20.0. The number of aliphatic hydroxyl groups excluding tert-OH is 1. The van der Waals surface area contributed by atoms with Crippen LogP contribution in [0.15, 0.2) is 0 Å². The molecule has 1 N–H and O–H groups in total. The van der Waals surface area contributed by atoms with E-state index in [1.807, 2.05) is 0 Å². The summed E-state index contributed by atoms with van der Waals surface area (Å²) in [6, 6.07) is 0. The summed E-state index contributed by atoms with van der Waals surface area (Å²) >= 11 is 0. The fraction of sp³-hybridized carbons (Fsp3) is 1.00. The van der Waals surface area contributed by atoms with Crippen LogP contribution in [-0.2, 0) is 4.74 Å². The van der Waals surface area contributed by atoms with Gasteiger partial charge in [0.15, 0.2) is 0 Å². The highest BCUT2D eigenvalue weighted by atomic mass is 16.5. The molecule has 0 aromatic rings. The summed E-state index contributed by atoms with van der Waals surface area (Å²) in [5, 5.41) is 8.73. The van der Waals surface area contributed by atoms with Crippen molar-refractivity contribution in [1.82, 2.24) is 0 Å². The number of rotatable bonds is 19. The molecule has 1 unspecified atom stereocenters. The van der Waals surface area contributed by atoms with Crippen molar-refractivity contribution >= 4 is 0 Å². The highest BCUT2D eigenvalue weighted by Gasteiger charge is 2.08. The molecule has 23 heavy (non-hydrogen) atoms. The van der Waals surface area contributed by atoms with Crippen molar-refractivity contribution < 1.29 is 9.84 Å². The van der Waals surface area contributed by atoms with Gasteiger partial charge in [-0.05, 0) is 31.6 Å². The predicted octanol–water partition coefficient (Wildman–Crippen LogP) is 6.50. The summed E-state index contributed by atoms with van der Waals surface area (Å²) < 4.78 is 5.96. The third kappa shape index (κ3) is 18.1. The zero-order valence-electron chi connectivity index (χ0n) is 16.2. The standard InChI is InChI=1S/C21H44O2/c1-3-5-7-13-17-21(16-6-4-2)20-23-19-15-12-10-8-9-11-14-18-22/h21-22H,3-20H2,1-2H3. The van der Waals surface area contributed by atoms with E-state index in [2.05, 4.69) is 13.8 Å². The van der Waals surface area contributed by atoms with Gasteiger partial charge in [0.25, 0.3) is 0 Å². The molecular weight excluding hydrogens is 284 g/mol. The molecule has 1 atom stereocenters. The molecule has 0 fully saturated rings. The second-order valence-electron chi connectivity index (χ2n) is 7.13. The molecule has 0 bridgehead atoms. The van der Waals surface area contributed by atoms with Gasteiger partial charge in [0.2, 0.25) is 0 Å². The molecule has 0 aliphatic rings. The molecule has 140 valence electrons. The lowest BCUT2D eigenvalue weighted by Crippen LogP contribution is -2.11. The smallest absolute Gasteiger partial charge is 0.0494 e. The van der Waals surface area contributed by atoms with Crippen LogP contribution in [0.3, 0.4) is 0 Å². The molecule has 0 aliphatic carbocycles. The first-order valence-corrected chi connectivity index (χ1v) is 10.5. The quantitative estimate of drug-likeness (QED) is 0.274. The predicted molar refractivity (Wildman–Crippen MR) is 102 cm³/mol. The highest BCUT2D eigenvalue weighted by Crippen LogP contribution is 2.18. The van der Waals surface area contributed by atoms with E-state index >= 15 is 0 Å². The normalized spacial score (nSPS) is 12.7. The summed E-state index contributed by atoms with van der Waals surface area (Å²) in [4.78, 5) is 0. The van der Waals surface area contributed by atoms with Crippen LogP contribution in [0.4, 0.5) is 0 Å². The van der Waals surface area contributed by atoms with Crippen LogP contribution >= 0.6 is 0 Å². The van der Waals surface area contributed by atoms with Gasteiger partial charge in [0.1, 0.15) is 0 Å². The van der Waals surface area contributed by atoms with Crippen LogP contribution in [0.25, 0.3) is 0 Å². The van der Waals surface area contributed by atoms with Gasteiger partial charge in [-0.1, -0.05) is 84.5 Å². The Balaban J connectivity index is 3.46. The minimum Gasteiger partial charge on any atom is -0.396 e. The van der Waals surface area contributed by atoms with Crippen molar-refractivity contribution in [1.29, 1.82) is 0 Å². The third-order valence-electron chi connectivity index (χ3n) is 4.73. The van der Waals surface area contributed by atoms with Crippen LogP contribution in [0.5, 0.6) is 0 Å². The average Bonchev–Trinajstić information content (AvgIpc) is 2.57. The van der Waals surface area contributed by atoms with E-state index in [0.717, 1.165) is 25.6 Å². The zero-order valence-corrected chi connectivity index (χ0v) is 16.2. The molecule has 0 saturated heterocycles. The van der Waals surface area contributed by atoms with Gasteiger partial charge in [0.05, 0.1) is 0 Å². The minimum atomic E-state index is 0.353. The Hall–Kier alpha value is -0.0800. The van der Waals surface area contributed by atoms with Gasteiger partial charge in [-0.3, -0.25) is 0 Å². The van der Waals surface area contributed by atoms with Crippen molar-refractivity contribution in [2.75, 3.05) is 19.8 Å². The molecule has 0 aliphatic heterocycles. The summed E-state index contributed by atoms with van der Waals surface area (Å²) in [5.74, 6) is 0.797. The maximum absolute atomic E-state index is 8.73. The molecule has 2 nitrogen and oxygen atoms in total. The van der Waals surface area contributed by atoms with E-state index in [9.17, 15) is 0 Å². The molecule has 0 heterocycles. The molecule has 0 aromatic heterocycles. The molecule has 0 radical (unpaired) electrons. The molecule has 0 spiro atoms. The monoisotopic (exact) mass is 328 g/mol. The van der Waals surface area contributed by atoms with E-state index in [-0.39, 0.29) is 0 Å². The van der Waals surface area contributed by atoms with E-state index in [4.69, 9.17) is 9.84 Å². The number of hydrogen-bond donors (Lipinski definition) is 1. The summed E-state index contributed by atoms with van der Waals surface area (Å²) in [5.41, 5.74) is 0. The van der Waals surface area contributed by atoms with E-state index in [1.165, 1.54) is 89.9 Å². The number of aliphatic hydroxyl groups is 1. The minimum absolute atomic E-state index is 0.353. The number of ether oxygens (including phenoxy) is 1. The van der Waals surface area contributed by atoms with Gasteiger partial charge in [-0.25, -0.2) is 0 Å². The SMILES string of the molecule is CCCCCCC(CCCC)COCCCCCCCCCO. The first kappa shape index (κ1) is 22.9. The Bertz CT molecular complexity index is 206. The van der Waals surface area contributed by atoms with Gasteiger partial charge >= 0.3 is 0 Å². The Labute approximate surface area is 146 Å². The third-order valence-corrected chi connectivity index (χ3v) is 4.73. The first-order valence-electron chi connectivity index (χ1n) is 10.5. The van der Waals surface area contributed by atoms with E-state index in [1.54, 1.807) is 0 Å². The molecule has 0 aromatic carbocycles. The molecule has 2 heteroatoms. The lowest BCUT2D eigenvalue weighted by Gasteiger charge is -2.17. The lowest BCUT2D eigenvalue weighted by molar-refractivity contribution is 0.0881. The Morgan fingerprint density at radius 2 is 1.22 bits per heavy atom. The molecule has 0 amide bonds. The van der Waals surface area contributed by atoms with Crippen LogP contribution in [0, 0.1) is 5.92 Å². The lowest BCUT2D eigenvalue weighted by atomic mass is 9.96. The number of hydrogen-bond acceptors (Lipinski definition) is 2. The Morgan fingerprint density at radius 1 is 0.652 bits per heavy atom. The maximum Gasteiger partial charge on any atom is 0.0494 e.